The summed E-state index contributed by atoms with van der Waals surface area (Å²) in [7, 11) is 0. The lowest BCUT2D eigenvalue weighted by Crippen LogP contribution is -2.48. The Morgan fingerprint density at radius 3 is 2.27 bits per heavy atom. The van der Waals surface area contributed by atoms with Crippen LogP contribution in [0.5, 0.6) is 0 Å². The van der Waals surface area contributed by atoms with E-state index in [1.165, 1.54) is 6.07 Å². The van der Waals surface area contributed by atoms with E-state index < -0.39 is 17.8 Å². The summed E-state index contributed by atoms with van der Waals surface area (Å²) < 4.78 is 45.3. The molecule has 0 spiro atoms. The highest BCUT2D eigenvalue weighted by molar-refractivity contribution is 5.93. The molecule has 4 heterocycles. The number of aromatic nitrogens is 5. The number of benzene rings is 3. The number of halogens is 3. The van der Waals surface area contributed by atoms with Crippen LogP contribution >= 0.6 is 0 Å². The van der Waals surface area contributed by atoms with Crippen molar-refractivity contribution in [3.63, 3.8) is 0 Å². The van der Waals surface area contributed by atoms with Gasteiger partial charge in [0.2, 0.25) is 0 Å². The molecule has 1 fully saturated rings. The van der Waals surface area contributed by atoms with Crippen LogP contribution < -0.4 is 0 Å². The number of carbonyl (C=O) groups excluding carboxylic acids is 1. The molecule has 11 heteroatoms. The molecular weight excluding hydrogens is 579 g/mol. The van der Waals surface area contributed by atoms with Crippen LogP contribution in [0.25, 0.3) is 33.4 Å². The number of aryl methyl sites for hydroxylation is 1. The lowest BCUT2D eigenvalue weighted by molar-refractivity contribution is -0.142. The molecular formula is C34H30F3N7O. The number of hydrogen-bond acceptors (Lipinski definition) is 5. The fourth-order valence-electron chi connectivity index (χ4n) is 6.00. The van der Waals surface area contributed by atoms with E-state index in [1.54, 1.807) is 11.0 Å². The smallest absolute Gasteiger partial charge is 0.335 e. The third-order valence-electron chi connectivity index (χ3n) is 8.47. The molecule has 0 saturated carbocycles. The molecule has 0 radical (unpaired) electrons. The molecule has 1 aliphatic rings. The lowest BCUT2D eigenvalue weighted by Gasteiger charge is -2.34. The largest absolute Gasteiger partial charge is 0.433 e. The van der Waals surface area contributed by atoms with Crippen LogP contribution in [0.4, 0.5) is 13.2 Å². The van der Waals surface area contributed by atoms with Crippen molar-refractivity contribution in [3.05, 3.63) is 113 Å². The predicted octanol–water partition coefficient (Wildman–Crippen LogP) is 6.33. The molecule has 1 amide bonds. The number of rotatable bonds is 5. The zero-order valence-electron chi connectivity index (χ0n) is 24.8. The normalized spacial score (nSPS) is 14.5. The summed E-state index contributed by atoms with van der Waals surface area (Å²) in [5, 5.41) is 10.7. The molecule has 7 rings (SSSR count). The van der Waals surface area contributed by atoms with E-state index in [1.807, 2.05) is 78.3 Å². The number of amides is 1. The van der Waals surface area contributed by atoms with Gasteiger partial charge < -0.3 is 4.90 Å². The summed E-state index contributed by atoms with van der Waals surface area (Å²) in [6.45, 7) is 6.84. The van der Waals surface area contributed by atoms with Gasteiger partial charge in [0.25, 0.3) is 5.91 Å². The van der Waals surface area contributed by atoms with Crippen molar-refractivity contribution in [1.29, 1.82) is 0 Å². The van der Waals surface area contributed by atoms with Crippen molar-refractivity contribution < 1.29 is 18.0 Å². The Balaban J connectivity index is 1.10. The Hall–Kier alpha value is -5.03. The second-order valence-corrected chi connectivity index (χ2v) is 11.4. The van der Waals surface area contributed by atoms with Crippen molar-refractivity contribution >= 4 is 22.3 Å². The predicted molar refractivity (Wildman–Crippen MR) is 165 cm³/mol. The molecule has 0 atom stereocenters. The van der Waals surface area contributed by atoms with Gasteiger partial charge in [-0.15, -0.1) is 0 Å². The van der Waals surface area contributed by atoms with Gasteiger partial charge in [0.05, 0.1) is 17.1 Å². The third kappa shape index (κ3) is 5.44. The fourth-order valence-corrected chi connectivity index (χ4v) is 6.00. The van der Waals surface area contributed by atoms with E-state index in [0.29, 0.717) is 38.3 Å². The van der Waals surface area contributed by atoms with Gasteiger partial charge in [0.1, 0.15) is 0 Å². The topological polar surface area (TPSA) is 71.6 Å². The van der Waals surface area contributed by atoms with Crippen molar-refractivity contribution in [1.82, 2.24) is 34.2 Å². The summed E-state index contributed by atoms with van der Waals surface area (Å²) in [5.74, 6) is -0.412. The van der Waals surface area contributed by atoms with Gasteiger partial charge in [-0.05, 0) is 48.9 Å². The van der Waals surface area contributed by atoms with Gasteiger partial charge in [-0.2, -0.15) is 23.4 Å². The van der Waals surface area contributed by atoms with E-state index in [4.69, 9.17) is 5.10 Å². The second kappa shape index (κ2) is 11.2. The molecule has 0 aliphatic carbocycles. The SMILES string of the molecule is Cc1nn(-c2ccccc2)c(C)c1CN1CCN(C(=O)c2cc3nc(-c4ccc5ccccc5c4)cc(C(F)(F)F)n3n2)CC1. The number of hydrogen-bond donors (Lipinski definition) is 0. The molecule has 3 aromatic heterocycles. The molecule has 1 saturated heterocycles. The summed E-state index contributed by atoms with van der Waals surface area (Å²) in [6, 6.07) is 25.3. The first kappa shape index (κ1) is 28.7. The summed E-state index contributed by atoms with van der Waals surface area (Å²) in [4.78, 5) is 21.9. The summed E-state index contributed by atoms with van der Waals surface area (Å²) in [6.07, 6.45) is -4.70. The Morgan fingerprint density at radius 2 is 1.53 bits per heavy atom. The molecule has 0 bridgehead atoms. The molecule has 0 unspecified atom stereocenters. The molecule has 0 N–H and O–H groups in total. The van der Waals surface area contributed by atoms with E-state index in [-0.39, 0.29) is 17.0 Å². The van der Waals surface area contributed by atoms with Gasteiger partial charge in [0.15, 0.2) is 17.0 Å². The van der Waals surface area contributed by atoms with Crippen molar-refractivity contribution in [2.24, 2.45) is 0 Å². The van der Waals surface area contributed by atoms with Crippen molar-refractivity contribution in [2.75, 3.05) is 26.2 Å². The number of para-hydroxylation sites is 1. The summed E-state index contributed by atoms with van der Waals surface area (Å²) >= 11 is 0. The summed E-state index contributed by atoms with van der Waals surface area (Å²) in [5.41, 5.74) is 3.80. The average molecular weight is 610 g/mol. The van der Waals surface area contributed by atoms with Crippen molar-refractivity contribution in [3.8, 4) is 16.9 Å². The molecule has 3 aromatic carbocycles. The standard InChI is InChI=1S/C34H30F3N7O/c1-22-28(23(2)43(39-22)27-10-4-3-5-11-27)21-41-14-16-42(17-15-41)33(45)30-20-32-38-29(19-31(34(35,36)37)44(32)40-30)26-13-12-24-8-6-7-9-25(24)18-26/h3-13,18-20H,14-17,21H2,1-2H3. The maximum Gasteiger partial charge on any atom is 0.433 e. The van der Waals surface area contributed by atoms with Crippen LogP contribution in [0.2, 0.25) is 0 Å². The minimum atomic E-state index is -4.70. The first-order valence-electron chi connectivity index (χ1n) is 14.7. The minimum Gasteiger partial charge on any atom is -0.335 e. The van der Waals surface area contributed by atoms with Crippen molar-refractivity contribution in [2.45, 2.75) is 26.6 Å². The second-order valence-electron chi connectivity index (χ2n) is 11.4. The third-order valence-corrected chi connectivity index (χ3v) is 8.47. The molecule has 6 aromatic rings. The Kier molecular flexibility index (Phi) is 7.12. The molecule has 228 valence electrons. The average Bonchev–Trinajstić information content (AvgIpc) is 3.60. The number of alkyl halides is 3. The number of piperazine rings is 1. The Bertz CT molecular complexity index is 2040. The highest BCUT2D eigenvalue weighted by Gasteiger charge is 2.36. The molecule has 8 nitrogen and oxygen atoms in total. The van der Waals surface area contributed by atoms with E-state index >= 15 is 0 Å². The van der Waals surface area contributed by atoms with Crippen LogP contribution in [0, 0.1) is 13.8 Å². The van der Waals surface area contributed by atoms with E-state index in [2.05, 4.69) is 21.9 Å². The molecule has 1 aliphatic heterocycles. The number of fused-ring (bicyclic) bond motifs is 2. The quantitative estimate of drug-likeness (QED) is 0.229. The first-order chi connectivity index (χ1) is 21.7. The van der Waals surface area contributed by atoms with Gasteiger partial charge >= 0.3 is 6.18 Å². The van der Waals surface area contributed by atoms with Gasteiger partial charge in [-0.25, -0.2) is 14.2 Å². The monoisotopic (exact) mass is 609 g/mol. The fraction of sp³-hybridized carbons (Fsp3) is 0.235. The highest BCUT2D eigenvalue weighted by Crippen LogP contribution is 2.33. The molecule has 45 heavy (non-hydrogen) atoms. The lowest BCUT2D eigenvalue weighted by atomic mass is 10.0. The Morgan fingerprint density at radius 1 is 0.822 bits per heavy atom. The minimum absolute atomic E-state index is 0.0312. The zero-order valence-corrected chi connectivity index (χ0v) is 24.8. The van der Waals surface area contributed by atoms with Gasteiger partial charge in [-0.3, -0.25) is 9.69 Å². The maximum atomic E-state index is 14.2. The highest BCUT2D eigenvalue weighted by atomic mass is 19.4. The van der Waals surface area contributed by atoms with Crippen LogP contribution in [-0.4, -0.2) is 66.3 Å². The van der Waals surface area contributed by atoms with Gasteiger partial charge in [-0.1, -0.05) is 54.6 Å². The number of carbonyl (C=O) groups is 1. The maximum absolute atomic E-state index is 14.2. The first-order valence-corrected chi connectivity index (χ1v) is 14.7. The van der Waals surface area contributed by atoms with E-state index in [0.717, 1.165) is 44.0 Å². The zero-order chi connectivity index (χ0) is 31.3. The van der Waals surface area contributed by atoms with Gasteiger partial charge in [0, 0.05) is 55.6 Å². The van der Waals surface area contributed by atoms with Crippen LogP contribution in [-0.2, 0) is 12.7 Å². The van der Waals surface area contributed by atoms with Crippen LogP contribution in [0.1, 0.15) is 33.1 Å². The van der Waals surface area contributed by atoms with Crippen LogP contribution in [0.3, 0.4) is 0 Å². The van der Waals surface area contributed by atoms with Crippen LogP contribution in [0.15, 0.2) is 84.9 Å². The number of nitrogens with zero attached hydrogens (tertiary/aromatic N) is 7. The Labute approximate surface area is 257 Å². The van der Waals surface area contributed by atoms with E-state index in [9.17, 15) is 18.0 Å².